The van der Waals surface area contributed by atoms with Crippen molar-refractivity contribution in [1.82, 2.24) is 0 Å². The number of hydrogen-bond acceptors (Lipinski definition) is 5. The number of anilines is 1. The fourth-order valence-electron chi connectivity index (χ4n) is 3.59. The third kappa shape index (κ3) is 3.89. The van der Waals surface area contributed by atoms with Gasteiger partial charge in [0, 0.05) is 22.2 Å². The third-order valence-corrected chi connectivity index (χ3v) is 5.84. The van der Waals surface area contributed by atoms with Crippen LogP contribution in [-0.4, -0.2) is 22.9 Å². The number of benzene rings is 2. The highest BCUT2D eigenvalue weighted by atomic mass is 32.1. The summed E-state index contributed by atoms with van der Waals surface area (Å²) in [6.07, 6.45) is -0.0996. The molecule has 0 aliphatic carbocycles. The minimum absolute atomic E-state index is 0.0142. The zero-order valence-electron chi connectivity index (χ0n) is 17.2. The van der Waals surface area contributed by atoms with Crippen LogP contribution >= 0.6 is 11.3 Å². The molecule has 0 radical (unpaired) electrons. The molecule has 3 aromatic rings. The van der Waals surface area contributed by atoms with Crippen LogP contribution < -0.4 is 9.64 Å². The lowest BCUT2D eigenvalue weighted by Crippen LogP contribution is -2.29. The van der Waals surface area contributed by atoms with Gasteiger partial charge in [0.2, 0.25) is 0 Å². The van der Waals surface area contributed by atoms with Gasteiger partial charge in [-0.3, -0.25) is 14.5 Å². The molecule has 0 spiro atoms. The second-order valence-electron chi connectivity index (χ2n) is 7.48. The van der Waals surface area contributed by atoms with Crippen LogP contribution in [-0.2, 0) is 9.59 Å². The molecule has 1 fully saturated rings. The number of Topliss-reactive ketones (excluding diaryl/α,β-unsaturated/α-hetero) is 1. The first kappa shape index (κ1) is 21.7. The molecule has 8 heteroatoms. The number of amides is 1. The second-order valence-corrected chi connectivity index (χ2v) is 8.46. The average Bonchev–Trinajstić information content (AvgIpc) is 3.37. The van der Waals surface area contributed by atoms with E-state index in [-0.39, 0.29) is 23.1 Å². The number of rotatable bonds is 5. The van der Waals surface area contributed by atoms with Gasteiger partial charge in [-0.2, -0.15) is 0 Å². The number of halogens is 2. The lowest BCUT2D eigenvalue weighted by molar-refractivity contribution is -0.132. The first-order chi connectivity index (χ1) is 15.3. The molecule has 5 nitrogen and oxygen atoms in total. The van der Waals surface area contributed by atoms with E-state index in [1.165, 1.54) is 17.4 Å². The van der Waals surface area contributed by atoms with Gasteiger partial charge in [0.05, 0.1) is 11.7 Å². The average molecular weight is 455 g/mol. The maximum absolute atomic E-state index is 13.9. The molecule has 1 unspecified atom stereocenters. The van der Waals surface area contributed by atoms with Crippen molar-refractivity contribution in [3.05, 3.63) is 87.6 Å². The number of hydrogen-bond donors (Lipinski definition) is 1. The van der Waals surface area contributed by atoms with Crippen LogP contribution in [0.15, 0.2) is 65.6 Å². The Labute approximate surface area is 187 Å². The van der Waals surface area contributed by atoms with Crippen LogP contribution in [0.25, 0.3) is 5.76 Å². The van der Waals surface area contributed by atoms with Crippen molar-refractivity contribution < 1.29 is 28.2 Å². The maximum atomic E-state index is 13.9. The number of ketones is 1. The minimum Gasteiger partial charge on any atom is -0.507 e. The monoisotopic (exact) mass is 455 g/mol. The van der Waals surface area contributed by atoms with E-state index >= 15 is 0 Å². The number of thiophene rings is 1. The van der Waals surface area contributed by atoms with E-state index in [4.69, 9.17) is 4.74 Å². The summed E-state index contributed by atoms with van der Waals surface area (Å²) in [6, 6.07) is 12.0. The summed E-state index contributed by atoms with van der Waals surface area (Å²) in [5, 5.41) is 12.9. The van der Waals surface area contributed by atoms with Crippen molar-refractivity contribution in [2.45, 2.75) is 26.0 Å². The summed E-state index contributed by atoms with van der Waals surface area (Å²) < 4.78 is 33.1. The molecule has 2 heterocycles. The molecule has 0 saturated carbocycles. The molecule has 1 saturated heterocycles. The van der Waals surface area contributed by atoms with Crippen LogP contribution in [0.1, 0.15) is 30.3 Å². The van der Waals surface area contributed by atoms with E-state index in [1.54, 1.807) is 41.8 Å². The maximum Gasteiger partial charge on any atom is 0.300 e. The number of carbonyl (C=O) groups excluding carboxylic acids is 2. The van der Waals surface area contributed by atoms with Gasteiger partial charge in [0.15, 0.2) is 11.6 Å². The number of aliphatic hydroxyl groups is 1. The van der Waals surface area contributed by atoms with Crippen LogP contribution in [0.4, 0.5) is 14.5 Å². The van der Waals surface area contributed by atoms with Gasteiger partial charge in [-0.05, 0) is 49.6 Å². The van der Waals surface area contributed by atoms with E-state index in [2.05, 4.69) is 0 Å². The Bertz CT molecular complexity index is 1220. The van der Waals surface area contributed by atoms with Gasteiger partial charge < -0.3 is 9.84 Å². The van der Waals surface area contributed by atoms with Gasteiger partial charge in [-0.1, -0.05) is 18.2 Å². The molecule has 1 aliphatic rings. The first-order valence-corrected chi connectivity index (χ1v) is 10.7. The highest BCUT2D eigenvalue weighted by molar-refractivity contribution is 7.10. The van der Waals surface area contributed by atoms with Gasteiger partial charge in [0.1, 0.15) is 17.6 Å². The Balaban J connectivity index is 1.88. The Morgan fingerprint density at radius 1 is 1.06 bits per heavy atom. The van der Waals surface area contributed by atoms with E-state index in [0.29, 0.717) is 16.2 Å². The van der Waals surface area contributed by atoms with Crippen molar-refractivity contribution in [3.63, 3.8) is 0 Å². The van der Waals surface area contributed by atoms with E-state index < -0.39 is 29.4 Å². The molecular weight excluding hydrogens is 436 g/mol. The highest BCUT2D eigenvalue weighted by Crippen LogP contribution is 2.44. The molecule has 4 rings (SSSR count). The minimum atomic E-state index is -1.15. The quantitative estimate of drug-likeness (QED) is 0.316. The smallest absolute Gasteiger partial charge is 0.300 e. The molecule has 0 bridgehead atoms. The normalized spacial score (nSPS) is 17.9. The molecule has 2 aromatic carbocycles. The SMILES string of the molecule is CC(C)Oc1cccc(/C(O)=C2/C(=O)C(=O)N(c3ccc(F)c(F)c3)C2c2cccs2)c1. The largest absolute Gasteiger partial charge is 0.507 e. The summed E-state index contributed by atoms with van der Waals surface area (Å²) in [5.41, 5.74) is 0.178. The van der Waals surface area contributed by atoms with Crippen molar-refractivity contribution in [3.8, 4) is 5.75 Å². The molecule has 1 N–H and O–H groups in total. The van der Waals surface area contributed by atoms with Crippen LogP contribution in [0.2, 0.25) is 0 Å². The van der Waals surface area contributed by atoms with Crippen molar-refractivity contribution in [2.75, 3.05) is 4.90 Å². The number of nitrogens with zero attached hydrogens (tertiary/aromatic N) is 1. The summed E-state index contributed by atoms with van der Waals surface area (Å²) in [6.45, 7) is 3.72. The Morgan fingerprint density at radius 2 is 1.84 bits per heavy atom. The van der Waals surface area contributed by atoms with E-state index in [1.807, 2.05) is 13.8 Å². The molecule has 1 atom stereocenters. The molecule has 164 valence electrons. The zero-order valence-corrected chi connectivity index (χ0v) is 18.0. The predicted octanol–water partition coefficient (Wildman–Crippen LogP) is 5.44. The van der Waals surface area contributed by atoms with Gasteiger partial charge in [0.25, 0.3) is 11.7 Å². The molecule has 1 aliphatic heterocycles. The van der Waals surface area contributed by atoms with Crippen molar-refractivity contribution >= 4 is 34.5 Å². The number of aliphatic hydroxyl groups excluding tert-OH is 1. The number of carbonyl (C=O) groups is 2. The lowest BCUT2D eigenvalue weighted by atomic mass is 9.99. The highest BCUT2D eigenvalue weighted by Gasteiger charge is 2.47. The summed E-state index contributed by atoms with van der Waals surface area (Å²) in [4.78, 5) is 27.6. The van der Waals surface area contributed by atoms with Gasteiger partial charge in [-0.25, -0.2) is 8.78 Å². The van der Waals surface area contributed by atoms with Crippen molar-refractivity contribution in [1.29, 1.82) is 0 Å². The summed E-state index contributed by atoms with van der Waals surface area (Å²) in [5.74, 6) is -3.95. The topological polar surface area (TPSA) is 66.8 Å². The fraction of sp³-hybridized carbons (Fsp3) is 0.167. The molecule has 1 amide bonds. The van der Waals surface area contributed by atoms with E-state index in [0.717, 1.165) is 17.0 Å². The summed E-state index contributed by atoms with van der Waals surface area (Å²) >= 11 is 1.27. The fourth-order valence-corrected chi connectivity index (χ4v) is 4.42. The first-order valence-electron chi connectivity index (χ1n) is 9.84. The molecule has 1 aromatic heterocycles. The zero-order chi connectivity index (χ0) is 23.0. The van der Waals surface area contributed by atoms with Crippen molar-refractivity contribution in [2.24, 2.45) is 0 Å². The molecule has 32 heavy (non-hydrogen) atoms. The van der Waals surface area contributed by atoms with Gasteiger partial charge in [-0.15, -0.1) is 11.3 Å². The standard InChI is InChI=1S/C24H19F2NO4S/c1-13(2)31-16-6-3-5-14(11-16)22(28)20-21(19-7-4-10-32-19)27(24(30)23(20)29)15-8-9-17(25)18(26)12-15/h3-13,21,28H,1-2H3/b22-20-. The van der Waals surface area contributed by atoms with Crippen LogP contribution in [0.3, 0.4) is 0 Å². The van der Waals surface area contributed by atoms with Crippen LogP contribution in [0, 0.1) is 11.6 Å². The van der Waals surface area contributed by atoms with E-state index in [9.17, 15) is 23.5 Å². The predicted molar refractivity (Wildman–Crippen MR) is 118 cm³/mol. The second kappa shape index (κ2) is 8.55. The molecular formula is C24H19F2NO4S. The number of ether oxygens (including phenoxy) is 1. The van der Waals surface area contributed by atoms with Crippen LogP contribution in [0.5, 0.6) is 5.75 Å². The Morgan fingerprint density at radius 3 is 2.50 bits per heavy atom. The lowest BCUT2D eigenvalue weighted by Gasteiger charge is -2.24. The summed E-state index contributed by atoms with van der Waals surface area (Å²) in [7, 11) is 0. The Kier molecular flexibility index (Phi) is 5.80. The third-order valence-electron chi connectivity index (χ3n) is 4.92. The Hall–Kier alpha value is -3.52. The van der Waals surface area contributed by atoms with Gasteiger partial charge >= 0.3 is 0 Å².